The molecule has 0 saturated heterocycles. The van der Waals surface area contributed by atoms with Gasteiger partial charge in [0.2, 0.25) is 0 Å². The lowest BCUT2D eigenvalue weighted by molar-refractivity contribution is 0.102. The number of carbonyl (C=O) groups is 1. The van der Waals surface area contributed by atoms with Gasteiger partial charge >= 0.3 is 0 Å². The summed E-state index contributed by atoms with van der Waals surface area (Å²) >= 11 is 7.90. The Kier molecular flexibility index (Phi) is 5.80. The van der Waals surface area contributed by atoms with Crippen LogP contribution >= 0.6 is 23.4 Å². The number of carbonyl (C=O) groups excluding carboxylic acids is 1. The Labute approximate surface area is 179 Å². The lowest BCUT2D eigenvalue weighted by Crippen LogP contribution is -2.16. The Balaban J connectivity index is 1.53. The lowest BCUT2D eigenvalue weighted by Gasteiger charge is -2.14. The predicted molar refractivity (Wildman–Crippen MR) is 117 cm³/mol. The molecule has 1 aromatic carbocycles. The Morgan fingerprint density at radius 1 is 1.34 bits per heavy atom. The smallest absolute Gasteiger partial charge is 0.261 e. The summed E-state index contributed by atoms with van der Waals surface area (Å²) in [5.74, 6) is 2.33. The second-order valence-corrected chi connectivity index (χ2v) is 10.1. The molecule has 0 bridgehead atoms. The summed E-state index contributed by atoms with van der Waals surface area (Å²) in [6.45, 7) is 2.22. The number of hydrogen-bond donors (Lipinski definition) is 2. The SMILES string of the molecule is CCSC1CC2CC(c3nn(C)c(N)c3C(=O)Nc3ccc(F)c(Cl)c3)CC2C1. The van der Waals surface area contributed by atoms with Gasteiger partial charge in [-0.2, -0.15) is 16.9 Å². The monoisotopic (exact) mass is 436 g/mol. The third-order valence-corrected chi connectivity index (χ3v) is 7.76. The van der Waals surface area contributed by atoms with E-state index in [1.165, 1.54) is 36.8 Å². The van der Waals surface area contributed by atoms with E-state index < -0.39 is 5.82 Å². The summed E-state index contributed by atoms with van der Waals surface area (Å²) in [4.78, 5) is 13.0. The number of aromatic nitrogens is 2. The molecule has 2 fully saturated rings. The van der Waals surface area contributed by atoms with Gasteiger partial charge < -0.3 is 11.1 Å². The first kappa shape index (κ1) is 20.5. The number of aryl methyl sites for hydroxylation is 1. The van der Waals surface area contributed by atoms with Gasteiger partial charge in [0.15, 0.2) is 0 Å². The minimum absolute atomic E-state index is 0.0368. The standard InChI is InChI=1S/C21H26ClFN4OS/c1-3-29-15-8-11-6-13(7-12(11)9-15)19-18(20(24)27(2)26-19)21(28)25-14-4-5-17(23)16(22)10-14/h4-5,10-13,15H,3,6-9,24H2,1-2H3,(H,25,28). The van der Waals surface area contributed by atoms with Gasteiger partial charge in [-0.1, -0.05) is 18.5 Å². The van der Waals surface area contributed by atoms with Crippen LogP contribution in [-0.2, 0) is 7.05 Å². The van der Waals surface area contributed by atoms with Crippen LogP contribution in [-0.4, -0.2) is 26.7 Å². The number of anilines is 2. The van der Waals surface area contributed by atoms with Crippen molar-refractivity contribution in [2.45, 2.75) is 43.8 Å². The van der Waals surface area contributed by atoms with Crippen LogP contribution in [0.3, 0.4) is 0 Å². The molecule has 2 aromatic rings. The average molecular weight is 437 g/mol. The second-order valence-electron chi connectivity index (χ2n) is 8.09. The van der Waals surface area contributed by atoms with Crippen molar-refractivity contribution in [1.29, 1.82) is 0 Å². The van der Waals surface area contributed by atoms with Crippen LogP contribution in [0.5, 0.6) is 0 Å². The first-order valence-electron chi connectivity index (χ1n) is 10.1. The van der Waals surface area contributed by atoms with Crippen LogP contribution in [0.2, 0.25) is 5.02 Å². The van der Waals surface area contributed by atoms with Crippen molar-refractivity contribution in [3.63, 3.8) is 0 Å². The third kappa shape index (κ3) is 3.99. The maximum atomic E-state index is 13.4. The van der Waals surface area contributed by atoms with Gasteiger partial charge in [-0.15, -0.1) is 0 Å². The highest BCUT2D eigenvalue weighted by Crippen LogP contribution is 2.53. The molecule has 1 amide bonds. The Hall–Kier alpha value is -1.73. The molecule has 2 unspecified atom stereocenters. The minimum Gasteiger partial charge on any atom is -0.383 e. The normalized spacial score (nSPS) is 25.9. The summed E-state index contributed by atoms with van der Waals surface area (Å²) in [5, 5.41) is 8.14. The molecule has 0 aliphatic heterocycles. The van der Waals surface area contributed by atoms with Crippen molar-refractivity contribution in [1.82, 2.24) is 9.78 Å². The number of thioether (sulfide) groups is 1. The van der Waals surface area contributed by atoms with Crippen molar-refractivity contribution in [2.24, 2.45) is 18.9 Å². The molecule has 2 aliphatic carbocycles. The quantitative estimate of drug-likeness (QED) is 0.686. The van der Waals surface area contributed by atoms with Gasteiger partial charge in [0.05, 0.1) is 10.7 Å². The number of nitrogens with two attached hydrogens (primary N) is 1. The Morgan fingerprint density at radius 3 is 2.66 bits per heavy atom. The molecule has 0 spiro atoms. The molecule has 1 heterocycles. The summed E-state index contributed by atoms with van der Waals surface area (Å²) in [6.07, 6.45) is 4.64. The van der Waals surface area contributed by atoms with Gasteiger partial charge in [0.1, 0.15) is 17.2 Å². The van der Waals surface area contributed by atoms with E-state index in [4.69, 9.17) is 17.3 Å². The topological polar surface area (TPSA) is 72.9 Å². The van der Waals surface area contributed by atoms with Crippen molar-refractivity contribution in [3.8, 4) is 0 Å². The zero-order valence-corrected chi connectivity index (χ0v) is 18.2. The first-order chi connectivity index (χ1) is 13.9. The molecule has 29 heavy (non-hydrogen) atoms. The molecule has 0 radical (unpaired) electrons. The van der Waals surface area contributed by atoms with Crippen LogP contribution in [0.25, 0.3) is 0 Å². The average Bonchev–Trinajstić information content (AvgIpc) is 3.30. The molecular weight excluding hydrogens is 411 g/mol. The number of nitrogens with one attached hydrogen (secondary N) is 1. The van der Waals surface area contributed by atoms with Gasteiger partial charge in [-0.25, -0.2) is 4.39 Å². The van der Waals surface area contributed by atoms with Crippen LogP contribution < -0.4 is 11.1 Å². The van der Waals surface area contributed by atoms with E-state index in [1.807, 2.05) is 0 Å². The van der Waals surface area contributed by atoms with Crippen LogP contribution in [0.1, 0.15) is 54.6 Å². The van der Waals surface area contributed by atoms with E-state index in [9.17, 15) is 9.18 Å². The van der Waals surface area contributed by atoms with Crippen molar-refractivity contribution in [2.75, 3.05) is 16.8 Å². The van der Waals surface area contributed by atoms with Crippen molar-refractivity contribution in [3.05, 3.63) is 40.3 Å². The van der Waals surface area contributed by atoms with Gasteiger partial charge in [0.25, 0.3) is 5.91 Å². The summed E-state index contributed by atoms with van der Waals surface area (Å²) < 4.78 is 15.0. The van der Waals surface area contributed by atoms with E-state index in [0.29, 0.717) is 28.9 Å². The molecule has 1 aromatic heterocycles. The summed E-state index contributed by atoms with van der Waals surface area (Å²) in [6, 6.07) is 4.11. The molecule has 8 heteroatoms. The van der Waals surface area contributed by atoms with Gasteiger partial charge in [-0.05, 0) is 61.5 Å². The second kappa shape index (κ2) is 8.19. The fourth-order valence-corrected chi connectivity index (χ4v) is 6.42. The predicted octanol–water partition coefficient (Wildman–Crippen LogP) is 5.07. The van der Waals surface area contributed by atoms with Crippen molar-refractivity contribution >= 4 is 40.8 Å². The van der Waals surface area contributed by atoms with E-state index in [2.05, 4.69) is 29.1 Å². The highest BCUT2D eigenvalue weighted by Gasteiger charge is 2.44. The van der Waals surface area contributed by atoms with Crippen LogP contribution in [0.15, 0.2) is 18.2 Å². The molecule has 156 valence electrons. The number of fused-ring (bicyclic) bond motifs is 1. The maximum absolute atomic E-state index is 13.4. The minimum atomic E-state index is -0.525. The molecular formula is C21H26ClFN4OS. The number of rotatable bonds is 5. The van der Waals surface area contributed by atoms with Crippen LogP contribution in [0.4, 0.5) is 15.9 Å². The number of hydrogen-bond acceptors (Lipinski definition) is 4. The fraction of sp³-hybridized carbons (Fsp3) is 0.524. The number of benzene rings is 1. The fourth-order valence-electron chi connectivity index (χ4n) is 5.00. The van der Waals surface area contributed by atoms with E-state index in [1.54, 1.807) is 11.7 Å². The molecule has 3 N–H and O–H groups in total. The first-order valence-corrected chi connectivity index (χ1v) is 11.5. The molecule has 2 saturated carbocycles. The van der Waals surface area contributed by atoms with Crippen molar-refractivity contribution < 1.29 is 9.18 Å². The molecule has 5 nitrogen and oxygen atoms in total. The van der Waals surface area contributed by atoms with E-state index >= 15 is 0 Å². The summed E-state index contributed by atoms with van der Waals surface area (Å²) in [5.41, 5.74) is 7.85. The molecule has 2 aliphatic rings. The highest BCUT2D eigenvalue weighted by molar-refractivity contribution is 7.99. The zero-order chi connectivity index (χ0) is 20.7. The number of nitrogens with zero attached hydrogens (tertiary/aromatic N) is 2. The maximum Gasteiger partial charge on any atom is 0.261 e. The Morgan fingerprint density at radius 2 is 2.03 bits per heavy atom. The van der Waals surface area contributed by atoms with Gasteiger partial charge in [-0.3, -0.25) is 9.48 Å². The number of nitrogen functional groups attached to an aromatic ring is 1. The van der Waals surface area contributed by atoms with Crippen LogP contribution in [0, 0.1) is 17.7 Å². The summed E-state index contributed by atoms with van der Waals surface area (Å²) in [7, 11) is 1.76. The zero-order valence-electron chi connectivity index (χ0n) is 16.6. The Bertz CT molecular complexity index is 920. The van der Waals surface area contributed by atoms with Gasteiger partial charge in [0, 0.05) is 23.9 Å². The largest absolute Gasteiger partial charge is 0.383 e. The van der Waals surface area contributed by atoms with E-state index in [-0.39, 0.29) is 16.8 Å². The molecule has 2 atom stereocenters. The molecule has 4 rings (SSSR count). The third-order valence-electron chi connectivity index (χ3n) is 6.28. The lowest BCUT2D eigenvalue weighted by atomic mass is 9.96. The highest BCUT2D eigenvalue weighted by atomic mass is 35.5. The number of amides is 1. The van der Waals surface area contributed by atoms with E-state index in [0.717, 1.165) is 23.8 Å². The number of halogens is 2.